The van der Waals surface area contributed by atoms with Crippen molar-refractivity contribution in [2.75, 3.05) is 6.61 Å². The zero-order chi connectivity index (χ0) is 15.7. The van der Waals surface area contributed by atoms with Gasteiger partial charge in [0.25, 0.3) is 0 Å². The quantitative estimate of drug-likeness (QED) is 0.887. The fourth-order valence-corrected chi connectivity index (χ4v) is 1.80. The van der Waals surface area contributed by atoms with E-state index in [1.807, 2.05) is 39.0 Å². The molecule has 0 aliphatic heterocycles. The Morgan fingerprint density at radius 3 is 2.48 bits per heavy atom. The van der Waals surface area contributed by atoms with E-state index in [1.54, 1.807) is 24.5 Å². The molecule has 1 heterocycles. The number of phenols is 1. The van der Waals surface area contributed by atoms with Gasteiger partial charge in [-0.05, 0) is 42.7 Å². The molecule has 0 aliphatic carbocycles. The molecule has 0 amide bonds. The smallest absolute Gasteiger partial charge is 0.137 e. The molecule has 0 spiro atoms. The van der Waals surface area contributed by atoms with Gasteiger partial charge in [-0.3, -0.25) is 4.98 Å². The van der Waals surface area contributed by atoms with Crippen LogP contribution in [0.2, 0.25) is 0 Å². The summed E-state index contributed by atoms with van der Waals surface area (Å²) in [5.41, 5.74) is 8.16. The topological polar surface area (TPSA) is 68.4 Å². The predicted molar refractivity (Wildman–Crippen MR) is 85.6 cm³/mol. The molecule has 2 rings (SSSR count). The van der Waals surface area contributed by atoms with Crippen molar-refractivity contribution < 1.29 is 9.84 Å². The zero-order valence-electron chi connectivity index (χ0n) is 12.9. The van der Waals surface area contributed by atoms with Crippen molar-refractivity contribution in [3.63, 3.8) is 0 Å². The summed E-state index contributed by atoms with van der Waals surface area (Å²) in [5, 5.41) is 9.21. The maximum atomic E-state index is 9.21. The largest absolute Gasteiger partial charge is 0.508 e. The number of phenolic OH excluding ortho intramolecular Hbond substituents is 1. The average molecular weight is 288 g/mol. The number of aromatic nitrogens is 1. The van der Waals surface area contributed by atoms with Crippen LogP contribution in [0.4, 0.5) is 0 Å². The molecule has 0 saturated carbocycles. The molecule has 114 valence electrons. The third kappa shape index (κ3) is 6.27. The van der Waals surface area contributed by atoms with Crippen LogP contribution in [0.3, 0.4) is 0 Å². The molecular weight excluding hydrogens is 264 g/mol. The van der Waals surface area contributed by atoms with Gasteiger partial charge in [-0.25, -0.2) is 0 Å². The van der Waals surface area contributed by atoms with E-state index in [2.05, 4.69) is 4.98 Å². The number of nitrogens with two attached hydrogens (primary N) is 1. The Hall–Kier alpha value is -2.07. The molecule has 4 heteroatoms. The molecule has 1 unspecified atom stereocenters. The molecule has 1 aromatic heterocycles. The van der Waals surface area contributed by atoms with E-state index in [1.165, 1.54) is 0 Å². The van der Waals surface area contributed by atoms with Gasteiger partial charge in [0.05, 0.1) is 6.20 Å². The molecule has 0 radical (unpaired) electrons. The molecule has 1 aromatic carbocycles. The van der Waals surface area contributed by atoms with Gasteiger partial charge < -0.3 is 15.6 Å². The lowest BCUT2D eigenvalue weighted by molar-refractivity contribution is 0.286. The maximum absolute atomic E-state index is 9.21. The Morgan fingerprint density at radius 1 is 1.19 bits per heavy atom. The highest BCUT2D eigenvalue weighted by Gasteiger charge is 2.06. The number of nitrogens with zero attached hydrogens (tertiary/aromatic N) is 1. The Kier molecular flexibility index (Phi) is 7.26. The van der Waals surface area contributed by atoms with Crippen LogP contribution in [-0.2, 0) is 6.42 Å². The van der Waals surface area contributed by atoms with Gasteiger partial charge in [0, 0.05) is 12.2 Å². The van der Waals surface area contributed by atoms with Crippen molar-refractivity contribution in [2.24, 2.45) is 5.73 Å². The van der Waals surface area contributed by atoms with Crippen molar-refractivity contribution >= 4 is 0 Å². The summed E-state index contributed by atoms with van der Waals surface area (Å²) in [6, 6.07) is 8.89. The third-order valence-electron chi connectivity index (χ3n) is 2.75. The minimum Gasteiger partial charge on any atom is -0.508 e. The fourth-order valence-electron chi connectivity index (χ4n) is 1.80. The summed E-state index contributed by atoms with van der Waals surface area (Å²) in [6.45, 7) is 6.41. The first kappa shape index (κ1) is 17.0. The van der Waals surface area contributed by atoms with Gasteiger partial charge in [-0.15, -0.1) is 0 Å². The van der Waals surface area contributed by atoms with Crippen LogP contribution < -0.4 is 10.5 Å². The summed E-state index contributed by atoms with van der Waals surface area (Å²) in [4.78, 5) is 4.06. The number of aromatic hydroxyl groups is 1. The Bertz CT molecular complexity index is 527. The molecular formula is C17H24N2O2. The number of ether oxygens (including phenoxy) is 1. The van der Waals surface area contributed by atoms with Gasteiger partial charge in [-0.2, -0.15) is 0 Å². The Balaban J connectivity index is 0.00000106. The lowest BCUT2D eigenvalue weighted by Gasteiger charge is -2.13. The molecule has 4 nitrogen and oxygen atoms in total. The molecule has 1 atom stereocenters. The lowest BCUT2D eigenvalue weighted by Crippen LogP contribution is -2.30. The molecule has 0 aliphatic rings. The normalized spacial score (nSPS) is 11.2. The number of aryl methyl sites for hydroxylation is 1. The van der Waals surface area contributed by atoms with Crippen molar-refractivity contribution in [1.29, 1.82) is 0 Å². The Morgan fingerprint density at radius 2 is 1.86 bits per heavy atom. The van der Waals surface area contributed by atoms with E-state index in [0.29, 0.717) is 13.0 Å². The van der Waals surface area contributed by atoms with Crippen LogP contribution in [0.15, 0.2) is 42.7 Å². The van der Waals surface area contributed by atoms with Crippen LogP contribution in [0, 0.1) is 6.92 Å². The van der Waals surface area contributed by atoms with Gasteiger partial charge in [0.15, 0.2) is 0 Å². The van der Waals surface area contributed by atoms with Crippen molar-refractivity contribution in [3.05, 3.63) is 53.9 Å². The third-order valence-corrected chi connectivity index (χ3v) is 2.75. The number of hydrogen-bond donors (Lipinski definition) is 2. The van der Waals surface area contributed by atoms with E-state index in [9.17, 15) is 5.11 Å². The van der Waals surface area contributed by atoms with Gasteiger partial charge >= 0.3 is 0 Å². The van der Waals surface area contributed by atoms with E-state index < -0.39 is 0 Å². The van der Waals surface area contributed by atoms with Crippen LogP contribution in [0.1, 0.15) is 25.0 Å². The first-order valence-corrected chi connectivity index (χ1v) is 7.21. The van der Waals surface area contributed by atoms with Crippen LogP contribution >= 0.6 is 0 Å². The minimum atomic E-state index is -0.0925. The summed E-state index contributed by atoms with van der Waals surface area (Å²) in [5.74, 6) is 1.00. The molecule has 21 heavy (non-hydrogen) atoms. The first-order valence-electron chi connectivity index (χ1n) is 7.21. The van der Waals surface area contributed by atoms with Gasteiger partial charge in [0.2, 0.25) is 0 Å². The van der Waals surface area contributed by atoms with Crippen LogP contribution in [-0.4, -0.2) is 22.7 Å². The van der Waals surface area contributed by atoms with Crippen molar-refractivity contribution in [3.8, 4) is 11.5 Å². The summed E-state index contributed by atoms with van der Waals surface area (Å²) in [6.07, 6.45) is 4.17. The maximum Gasteiger partial charge on any atom is 0.137 e. The molecule has 0 saturated heterocycles. The monoisotopic (exact) mass is 288 g/mol. The zero-order valence-corrected chi connectivity index (χ0v) is 12.9. The SMILES string of the molecule is CC.Cc1cncc(OCC(N)Cc2ccc(O)cc2)c1. The second kappa shape index (κ2) is 8.97. The van der Waals surface area contributed by atoms with E-state index in [4.69, 9.17) is 10.5 Å². The number of benzene rings is 1. The number of hydrogen-bond acceptors (Lipinski definition) is 4. The number of rotatable bonds is 5. The summed E-state index contributed by atoms with van der Waals surface area (Å²) >= 11 is 0. The van der Waals surface area contributed by atoms with Crippen LogP contribution in [0.5, 0.6) is 11.5 Å². The van der Waals surface area contributed by atoms with Crippen LogP contribution in [0.25, 0.3) is 0 Å². The average Bonchev–Trinajstić information content (AvgIpc) is 2.50. The van der Waals surface area contributed by atoms with Crippen molar-refractivity contribution in [1.82, 2.24) is 4.98 Å². The second-order valence-electron chi connectivity index (χ2n) is 4.64. The predicted octanol–water partition coefficient (Wildman–Crippen LogP) is 3.07. The highest BCUT2D eigenvalue weighted by atomic mass is 16.5. The molecule has 0 fully saturated rings. The first-order chi connectivity index (χ1) is 10.1. The van der Waals surface area contributed by atoms with E-state index in [0.717, 1.165) is 16.9 Å². The number of pyridine rings is 1. The Labute approximate surface area is 126 Å². The second-order valence-corrected chi connectivity index (χ2v) is 4.64. The van der Waals surface area contributed by atoms with Crippen molar-refractivity contribution in [2.45, 2.75) is 33.2 Å². The summed E-state index contributed by atoms with van der Waals surface area (Å²) in [7, 11) is 0. The minimum absolute atomic E-state index is 0.0925. The standard InChI is InChI=1S/C15H18N2O2.C2H6/c1-11-6-15(9-17-8-11)19-10-13(16)7-12-2-4-14(18)5-3-12;1-2/h2-6,8-9,13,18H,7,10,16H2,1H3;1-2H3. The highest BCUT2D eigenvalue weighted by Crippen LogP contribution is 2.13. The van der Waals surface area contributed by atoms with E-state index in [-0.39, 0.29) is 11.8 Å². The molecule has 2 aromatic rings. The summed E-state index contributed by atoms with van der Waals surface area (Å²) < 4.78 is 5.61. The lowest BCUT2D eigenvalue weighted by atomic mass is 10.1. The fraction of sp³-hybridized carbons (Fsp3) is 0.353. The highest BCUT2D eigenvalue weighted by molar-refractivity contribution is 5.26. The van der Waals surface area contributed by atoms with Gasteiger partial charge in [0.1, 0.15) is 18.1 Å². The van der Waals surface area contributed by atoms with E-state index >= 15 is 0 Å². The molecule has 3 N–H and O–H groups in total. The molecule has 0 bridgehead atoms. The van der Waals surface area contributed by atoms with Gasteiger partial charge in [-0.1, -0.05) is 26.0 Å².